The molecule has 0 unspecified atom stereocenters. The average Bonchev–Trinajstić information content (AvgIpc) is 2.37. The molecule has 20 heavy (non-hydrogen) atoms. The summed E-state index contributed by atoms with van der Waals surface area (Å²) in [6.45, 7) is 9.66. The lowest BCUT2D eigenvalue weighted by Gasteiger charge is -2.17. The number of nitrogens with one attached hydrogen (secondary N) is 1. The molecule has 0 aliphatic carbocycles. The lowest BCUT2D eigenvalue weighted by atomic mass is 9.99. The van der Waals surface area contributed by atoms with Crippen LogP contribution in [0.5, 0.6) is 0 Å². The standard InChI is InChI=1S/C18H22BrN/c1-12-8-13(2)18(14(3)9-12)11-20-15(4)16-6-5-7-17(19)10-16/h5-10,15,20H,11H2,1-4H3/t15-/m1/s1. The molecule has 0 heterocycles. The lowest BCUT2D eigenvalue weighted by molar-refractivity contribution is 0.572. The summed E-state index contributed by atoms with van der Waals surface area (Å²) in [5.74, 6) is 0. The number of benzene rings is 2. The van der Waals surface area contributed by atoms with Crippen LogP contribution in [0.2, 0.25) is 0 Å². The molecule has 0 spiro atoms. The predicted molar refractivity (Wildman–Crippen MR) is 90.0 cm³/mol. The topological polar surface area (TPSA) is 12.0 Å². The zero-order valence-corrected chi connectivity index (χ0v) is 14.2. The first-order valence-electron chi connectivity index (χ1n) is 7.03. The minimum absolute atomic E-state index is 0.340. The van der Waals surface area contributed by atoms with Crippen molar-refractivity contribution in [1.82, 2.24) is 5.32 Å². The monoisotopic (exact) mass is 331 g/mol. The van der Waals surface area contributed by atoms with Gasteiger partial charge >= 0.3 is 0 Å². The Labute approximate surface area is 130 Å². The first kappa shape index (κ1) is 15.3. The van der Waals surface area contributed by atoms with Gasteiger partial charge in [-0.2, -0.15) is 0 Å². The molecule has 1 atom stereocenters. The van der Waals surface area contributed by atoms with E-state index >= 15 is 0 Å². The lowest BCUT2D eigenvalue weighted by Crippen LogP contribution is -2.19. The van der Waals surface area contributed by atoms with E-state index in [1.165, 1.54) is 27.8 Å². The Morgan fingerprint density at radius 1 is 1.05 bits per heavy atom. The number of aryl methyl sites for hydroxylation is 3. The summed E-state index contributed by atoms with van der Waals surface area (Å²) < 4.78 is 1.13. The Bertz CT molecular complexity index is 581. The Morgan fingerprint density at radius 3 is 2.30 bits per heavy atom. The van der Waals surface area contributed by atoms with Crippen LogP contribution in [0.3, 0.4) is 0 Å². The normalized spacial score (nSPS) is 12.4. The van der Waals surface area contributed by atoms with Crippen LogP contribution in [0.15, 0.2) is 40.9 Å². The van der Waals surface area contributed by atoms with Crippen molar-refractivity contribution >= 4 is 15.9 Å². The molecular formula is C18H22BrN. The molecule has 0 saturated heterocycles. The van der Waals surface area contributed by atoms with E-state index in [2.05, 4.69) is 85.3 Å². The van der Waals surface area contributed by atoms with Gasteiger partial charge in [-0.3, -0.25) is 0 Å². The number of hydrogen-bond donors (Lipinski definition) is 1. The van der Waals surface area contributed by atoms with Crippen LogP contribution < -0.4 is 5.32 Å². The maximum Gasteiger partial charge on any atom is 0.0295 e. The molecule has 106 valence electrons. The fraction of sp³-hybridized carbons (Fsp3) is 0.333. The van der Waals surface area contributed by atoms with E-state index in [9.17, 15) is 0 Å². The third-order valence-electron chi connectivity index (χ3n) is 3.77. The van der Waals surface area contributed by atoms with Crippen molar-refractivity contribution in [2.24, 2.45) is 0 Å². The van der Waals surface area contributed by atoms with Crippen molar-refractivity contribution in [1.29, 1.82) is 0 Å². The third kappa shape index (κ3) is 3.71. The highest BCUT2D eigenvalue weighted by atomic mass is 79.9. The Hall–Kier alpha value is -1.12. The van der Waals surface area contributed by atoms with E-state index in [4.69, 9.17) is 0 Å². The minimum atomic E-state index is 0.340. The Balaban J connectivity index is 2.09. The molecule has 0 aromatic heterocycles. The van der Waals surface area contributed by atoms with Crippen molar-refractivity contribution in [2.45, 2.75) is 40.3 Å². The molecule has 0 aliphatic rings. The molecule has 0 bridgehead atoms. The van der Waals surface area contributed by atoms with Gasteiger partial charge in [-0.15, -0.1) is 0 Å². The summed E-state index contributed by atoms with van der Waals surface area (Å²) in [6, 6.07) is 13.3. The zero-order valence-electron chi connectivity index (χ0n) is 12.6. The second-order valence-corrected chi connectivity index (χ2v) is 6.45. The van der Waals surface area contributed by atoms with Gasteiger partial charge < -0.3 is 5.32 Å². The number of rotatable bonds is 4. The van der Waals surface area contributed by atoms with Crippen LogP contribution >= 0.6 is 15.9 Å². The van der Waals surface area contributed by atoms with Crippen LogP contribution in [0.1, 0.15) is 40.8 Å². The third-order valence-corrected chi connectivity index (χ3v) is 4.27. The van der Waals surface area contributed by atoms with Gasteiger partial charge in [0.15, 0.2) is 0 Å². The largest absolute Gasteiger partial charge is 0.306 e. The first-order valence-corrected chi connectivity index (χ1v) is 7.82. The van der Waals surface area contributed by atoms with Crippen LogP contribution in [0.25, 0.3) is 0 Å². The van der Waals surface area contributed by atoms with Crippen LogP contribution in [-0.2, 0) is 6.54 Å². The second kappa shape index (κ2) is 6.55. The molecule has 0 fully saturated rings. The van der Waals surface area contributed by atoms with Gasteiger partial charge in [0.1, 0.15) is 0 Å². The second-order valence-electron chi connectivity index (χ2n) is 5.53. The summed E-state index contributed by atoms with van der Waals surface area (Å²) in [7, 11) is 0. The smallest absolute Gasteiger partial charge is 0.0295 e. The summed E-state index contributed by atoms with van der Waals surface area (Å²) in [5.41, 5.74) is 6.80. The fourth-order valence-electron chi connectivity index (χ4n) is 2.64. The minimum Gasteiger partial charge on any atom is -0.306 e. The van der Waals surface area contributed by atoms with Gasteiger partial charge in [0.25, 0.3) is 0 Å². The van der Waals surface area contributed by atoms with Crippen LogP contribution in [0.4, 0.5) is 0 Å². The quantitative estimate of drug-likeness (QED) is 0.809. The molecule has 0 amide bonds. The molecular weight excluding hydrogens is 310 g/mol. The van der Waals surface area contributed by atoms with Gasteiger partial charge in [-0.1, -0.05) is 45.8 Å². The molecule has 0 aliphatic heterocycles. The van der Waals surface area contributed by atoms with Crippen molar-refractivity contribution in [3.8, 4) is 0 Å². The molecule has 1 N–H and O–H groups in total. The first-order chi connectivity index (χ1) is 9.47. The Kier molecular flexibility index (Phi) is 5.00. The van der Waals surface area contributed by atoms with E-state index in [-0.39, 0.29) is 0 Å². The zero-order chi connectivity index (χ0) is 14.7. The van der Waals surface area contributed by atoms with E-state index in [0.717, 1.165) is 11.0 Å². The van der Waals surface area contributed by atoms with Crippen molar-refractivity contribution < 1.29 is 0 Å². The molecule has 1 nitrogen and oxygen atoms in total. The van der Waals surface area contributed by atoms with E-state index < -0.39 is 0 Å². The van der Waals surface area contributed by atoms with Gasteiger partial charge in [0.05, 0.1) is 0 Å². The predicted octanol–water partition coefficient (Wildman–Crippen LogP) is 5.23. The number of halogens is 1. The van der Waals surface area contributed by atoms with Gasteiger partial charge in [-0.05, 0) is 62.1 Å². The molecule has 2 aromatic carbocycles. The molecule has 0 saturated carbocycles. The highest BCUT2D eigenvalue weighted by molar-refractivity contribution is 9.10. The highest BCUT2D eigenvalue weighted by Gasteiger charge is 2.08. The van der Waals surface area contributed by atoms with Gasteiger partial charge in [-0.25, -0.2) is 0 Å². The molecule has 0 radical (unpaired) electrons. The molecule has 2 heteroatoms. The average molecular weight is 332 g/mol. The summed E-state index contributed by atoms with van der Waals surface area (Å²) in [6.07, 6.45) is 0. The maximum absolute atomic E-state index is 3.62. The van der Waals surface area contributed by atoms with Crippen molar-refractivity contribution in [2.75, 3.05) is 0 Å². The Morgan fingerprint density at radius 2 is 1.70 bits per heavy atom. The SMILES string of the molecule is Cc1cc(C)c(CN[C@H](C)c2cccc(Br)c2)c(C)c1. The highest BCUT2D eigenvalue weighted by Crippen LogP contribution is 2.20. The van der Waals surface area contributed by atoms with Crippen LogP contribution in [0, 0.1) is 20.8 Å². The van der Waals surface area contributed by atoms with Crippen molar-refractivity contribution in [3.63, 3.8) is 0 Å². The van der Waals surface area contributed by atoms with Gasteiger partial charge in [0, 0.05) is 17.1 Å². The van der Waals surface area contributed by atoms with Crippen LogP contribution in [-0.4, -0.2) is 0 Å². The summed E-state index contributed by atoms with van der Waals surface area (Å²) in [5, 5.41) is 3.62. The maximum atomic E-state index is 3.62. The fourth-order valence-corrected chi connectivity index (χ4v) is 3.05. The van der Waals surface area contributed by atoms with E-state index in [1.54, 1.807) is 0 Å². The number of hydrogen-bond acceptors (Lipinski definition) is 1. The summed E-state index contributed by atoms with van der Waals surface area (Å²) >= 11 is 3.53. The van der Waals surface area contributed by atoms with E-state index in [1.807, 2.05) is 0 Å². The van der Waals surface area contributed by atoms with E-state index in [0.29, 0.717) is 6.04 Å². The van der Waals surface area contributed by atoms with Crippen molar-refractivity contribution in [3.05, 3.63) is 68.7 Å². The molecule has 2 aromatic rings. The molecule has 2 rings (SSSR count). The van der Waals surface area contributed by atoms with Gasteiger partial charge in [0.2, 0.25) is 0 Å². The summed E-state index contributed by atoms with van der Waals surface area (Å²) in [4.78, 5) is 0.